The summed E-state index contributed by atoms with van der Waals surface area (Å²) in [5.41, 5.74) is 1.37. The van der Waals surface area contributed by atoms with Crippen LogP contribution in [-0.4, -0.2) is 34.6 Å². The number of rotatable bonds is 6. The topological polar surface area (TPSA) is 109 Å². The highest BCUT2D eigenvalue weighted by atomic mass is 35.5. The molecular weight excluding hydrogens is 612 g/mol. The summed E-state index contributed by atoms with van der Waals surface area (Å²) in [6, 6.07) is 16.7. The van der Waals surface area contributed by atoms with Crippen LogP contribution in [0.3, 0.4) is 0 Å². The van der Waals surface area contributed by atoms with E-state index < -0.39 is 40.6 Å². The van der Waals surface area contributed by atoms with Crippen molar-refractivity contribution in [3.8, 4) is 5.75 Å². The third-order valence-electron chi connectivity index (χ3n) is 6.70. The van der Waals surface area contributed by atoms with Gasteiger partial charge in [0.1, 0.15) is 16.8 Å². The van der Waals surface area contributed by atoms with E-state index >= 15 is 0 Å². The number of thiazole rings is 1. The molecule has 41 heavy (non-hydrogen) atoms. The van der Waals surface area contributed by atoms with E-state index in [2.05, 4.69) is 10.3 Å². The van der Waals surface area contributed by atoms with Crippen molar-refractivity contribution in [2.45, 2.75) is 16.2 Å². The van der Waals surface area contributed by atoms with Gasteiger partial charge >= 0.3 is 4.87 Å². The van der Waals surface area contributed by atoms with E-state index in [9.17, 15) is 23.6 Å². The third-order valence-corrected chi connectivity index (χ3v) is 9.84. The summed E-state index contributed by atoms with van der Waals surface area (Å²) in [5.74, 6) is -2.88. The molecule has 3 aromatic carbocycles. The first-order valence-electron chi connectivity index (χ1n) is 12.2. The number of thioether (sulfide) groups is 1. The molecule has 0 spiro atoms. The number of nitrogens with one attached hydrogen (secondary N) is 2. The summed E-state index contributed by atoms with van der Waals surface area (Å²) >= 11 is 14.1. The molecule has 1 fully saturated rings. The largest absolute Gasteiger partial charge is 0.484 e. The number of carbonyl (C=O) groups is 3. The van der Waals surface area contributed by atoms with Crippen molar-refractivity contribution in [1.82, 2.24) is 4.98 Å². The van der Waals surface area contributed by atoms with Gasteiger partial charge in [-0.1, -0.05) is 58.4 Å². The lowest BCUT2D eigenvalue weighted by Gasteiger charge is -2.30. The third kappa shape index (κ3) is 5.26. The highest BCUT2D eigenvalue weighted by molar-refractivity contribution is 8.00. The first kappa shape index (κ1) is 27.5. The summed E-state index contributed by atoms with van der Waals surface area (Å²) in [7, 11) is 0. The molecule has 3 atom stereocenters. The zero-order chi connectivity index (χ0) is 28.8. The average molecular weight is 631 g/mol. The number of hydrogen-bond acceptors (Lipinski definition) is 7. The van der Waals surface area contributed by atoms with Gasteiger partial charge in [0, 0.05) is 16.5 Å². The number of halogens is 3. The molecule has 3 amide bonds. The summed E-state index contributed by atoms with van der Waals surface area (Å²) in [6.45, 7) is -0.311. The Bertz CT molecular complexity index is 1760. The molecule has 6 rings (SSSR count). The Morgan fingerprint density at radius 3 is 2.54 bits per heavy atom. The number of anilines is 2. The smallest absolute Gasteiger partial charge is 0.305 e. The molecule has 1 aromatic heterocycles. The van der Waals surface area contributed by atoms with E-state index in [0.29, 0.717) is 36.9 Å². The number of aromatic nitrogens is 1. The number of carbonyl (C=O) groups excluding carboxylic acids is 3. The van der Waals surface area contributed by atoms with Crippen molar-refractivity contribution in [2.24, 2.45) is 5.92 Å². The molecule has 13 heteroatoms. The minimum absolute atomic E-state index is 0.275. The normalized spacial score (nSPS) is 19.6. The molecule has 4 aromatic rings. The van der Waals surface area contributed by atoms with Gasteiger partial charge in [0.05, 0.1) is 26.7 Å². The second-order valence-electron chi connectivity index (χ2n) is 9.28. The highest BCUT2D eigenvalue weighted by Crippen LogP contribution is 2.53. The van der Waals surface area contributed by atoms with Gasteiger partial charge in [0.15, 0.2) is 6.61 Å². The van der Waals surface area contributed by atoms with Gasteiger partial charge in [0.2, 0.25) is 11.8 Å². The molecule has 0 radical (unpaired) electrons. The van der Waals surface area contributed by atoms with Crippen molar-refractivity contribution >= 4 is 75.4 Å². The number of imide groups is 1. The maximum absolute atomic E-state index is 13.8. The number of nitrogens with zero attached hydrogens (tertiary/aromatic N) is 1. The lowest BCUT2D eigenvalue weighted by molar-refractivity contribution is -0.122. The second kappa shape index (κ2) is 11.0. The molecule has 0 aliphatic carbocycles. The van der Waals surface area contributed by atoms with Crippen LogP contribution >= 0.6 is 46.3 Å². The predicted molar refractivity (Wildman–Crippen MR) is 156 cm³/mol. The van der Waals surface area contributed by atoms with Crippen molar-refractivity contribution < 1.29 is 23.5 Å². The minimum atomic E-state index is -0.815. The Balaban J connectivity index is 1.27. The van der Waals surface area contributed by atoms with Gasteiger partial charge in [-0.15, -0.1) is 0 Å². The van der Waals surface area contributed by atoms with Crippen molar-refractivity contribution in [2.75, 3.05) is 16.8 Å². The summed E-state index contributed by atoms with van der Waals surface area (Å²) in [5, 5.41) is 3.07. The summed E-state index contributed by atoms with van der Waals surface area (Å²) < 4.78 is 19.3. The van der Waals surface area contributed by atoms with Gasteiger partial charge in [-0.3, -0.25) is 19.2 Å². The van der Waals surface area contributed by atoms with Crippen LogP contribution in [0.4, 0.5) is 15.8 Å². The maximum Gasteiger partial charge on any atom is 0.305 e. The molecule has 1 saturated heterocycles. The van der Waals surface area contributed by atoms with Crippen molar-refractivity contribution in [3.63, 3.8) is 0 Å². The van der Waals surface area contributed by atoms with Crippen molar-refractivity contribution in [3.05, 3.63) is 103 Å². The van der Waals surface area contributed by atoms with Gasteiger partial charge in [-0.25, -0.2) is 9.29 Å². The molecule has 0 saturated carbocycles. The molecule has 2 aliphatic rings. The second-order valence-corrected chi connectivity index (χ2v) is 12.3. The molecule has 0 bridgehead atoms. The number of hydrogen-bond donors (Lipinski definition) is 2. The Hall–Kier alpha value is -3.64. The van der Waals surface area contributed by atoms with E-state index in [4.69, 9.17) is 27.9 Å². The summed E-state index contributed by atoms with van der Waals surface area (Å²) in [4.78, 5) is 56.3. The first-order valence-corrected chi connectivity index (χ1v) is 14.7. The fourth-order valence-electron chi connectivity index (χ4n) is 4.94. The van der Waals surface area contributed by atoms with Crippen LogP contribution in [-0.2, 0) is 14.4 Å². The van der Waals surface area contributed by atoms with Crippen molar-refractivity contribution in [1.29, 1.82) is 0 Å². The molecule has 8 nitrogen and oxygen atoms in total. The Kier molecular flexibility index (Phi) is 7.37. The van der Waals surface area contributed by atoms with Crippen LogP contribution in [0, 0.1) is 11.7 Å². The zero-order valence-corrected chi connectivity index (χ0v) is 23.9. The Labute approximate surface area is 250 Å². The lowest BCUT2D eigenvalue weighted by atomic mass is 9.83. The number of aromatic amines is 1. The lowest BCUT2D eigenvalue weighted by Crippen LogP contribution is -2.32. The van der Waals surface area contributed by atoms with Crippen LogP contribution in [0.5, 0.6) is 5.75 Å². The molecule has 3 heterocycles. The number of ether oxygens (including phenoxy) is 1. The fourth-order valence-corrected chi connectivity index (χ4v) is 7.75. The van der Waals surface area contributed by atoms with Gasteiger partial charge in [0.25, 0.3) is 5.91 Å². The van der Waals surface area contributed by atoms with E-state index in [0.717, 1.165) is 28.0 Å². The predicted octanol–water partition coefficient (Wildman–Crippen LogP) is 5.70. The Morgan fingerprint density at radius 2 is 1.78 bits per heavy atom. The average Bonchev–Trinajstić information content (AvgIpc) is 3.44. The summed E-state index contributed by atoms with van der Waals surface area (Å²) in [6.07, 6.45) is 0. The maximum atomic E-state index is 13.8. The standard InChI is InChI=1S/C28H18Cl2FN3O5S2/c29-18-9-6-15(11-19(18)30)32-20(35)12-39-17-3-1-2-13(10-17)21-22-24(40-25-23(21)41-28(38)33-25)27(37)34(26(22)36)16-7-4-14(31)5-8-16/h1-11,21-22,24H,12H2,(H,32,35)(H,33,38). The first-order chi connectivity index (χ1) is 19.7. The van der Waals surface area contributed by atoms with E-state index in [1.165, 1.54) is 30.3 Å². The number of H-pyrrole nitrogens is 1. The molecule has 3 unspecified atom stereocenters. The van der Waals surface area contributed by atoms with Gasteiger partial charge in [-0.2, -0.15) is 0 Å². The molecule has 2 N–H and O–H groups in total. The monoisotopic (exact) mass is 629 g/mol. The minimum Gasteiger partial charge on any atom is -0.484 e. The van der Waals surface area contributed by atoms with Gasteiger partial charge in [-0.05, 0) is 60.2 Å². The van der Waals surface area contributed by atoms with E-state index in [1.54, 1.807) is 36.4 Å². The fraction of sp³-hybridized carbons (Fsp3) is 0.143. The van der Waals surface area contributed by atoms with Crippen LogP contribution < -0.4 is 19.8 Å². The van der Waals surface area contributed by atoms with Crippen LogP contribution in [0.15, 0.2) is 76.6 Å². The Morgan fingerprint density at radius 1 is 1.00 bits per heavy atom. The van der Waals surface area contributed by atoms with Crippen LogP contribution in [0.25, 0.3) is 0 Å². The highest BCUT2D eigenvalue weighted by Gasteiger charge is 2.56. The number of fused-ring (bicyclic) bond motifs is 2. The zero-order valence-electron chi connectivity index (χ0n) is 20.7. The molecule has 208 valence electrons. The van der Waals surface area contributed by atoms with Crippen LogP contribution in [0.1, 0.15) is 16.4 Å². The number of benzene rings is 3. The molecule has 2 aliphatic heterocycles. The van der Waals surface area contributed by atoms with Crippen LogP contribution in [0.2, 0.25) is 10.0 Å². The number of amides is 3. The van der Waals surface area contributed by atoms with E-state index in [-0.39, 0.29) is 17.2 Å². The van der Waals surface area contributed by atoms with E-state index in [1.807, 2.05) is 0 Å². The molecular formula is C28H18Cl2FN3O5S2. The SMILES string of the molecule is O=C(COc1cccc(C2c3sc(=O)[nH]c3SC3C(=O)N(c4ccc(F)cc4)C(=O)C32)c1)Nc1ccc(Cl)c(Cl)c1. The van der Waals surface area contributed by atoms with Gasteiger partial charge < -0.3 is 15.0 Å². The quantitative estimate of drug-likeness (QED) is 0.265.